The molecule has 0 saturated carbocycles. The van der Waals surface area contributed by atoms with E-state index in [4.69, 9.17) is 14.2 Å². The molecule has 0 spiro atoms. The molecule has 0 aromatic heterocycles. The summed E-state index contributed by atoms with van der Waals surface area (Å²) in [6.07, 6.45) is 65.3. The van der Waals surface area contributed by atoms with Crippen LogP contribution in [0.3, 0.4) is 0 Å². The molecule has 70 heavy (non-hydrogen) atoms. The van der Waals surface area contributed by atoms with Gasteiger partial charge in [-0.05, 0) is 25.2 Å². The highest BCUT2D eigenvalue weighted by Gasteiger charge is 2.19. The van der Waals surface area contributed by atoms with Crippen molar-refractivity contribution >= 4 is 17.9 Å². The fraction of sp³-hybridized carbons (Fsp3) is 0.953. The van der Waals surface area contributed by atoms with E-state index >= 15 is 0 Å². The molecule has 6 nitrogen and oxygen atoms in total. The topological polar surface area (TPSA) is 78.9 Å². The first-order valence-corrected chi connectivity index (χ1v) is 31.9. The quantitative estimate of drug-likeness (QED) is 0.0343. The SMILES string of the molecule is CCCCCCCCCCCCCCCCCCCC(=O)OC[C@@H](COC(=O)CCCCCCCCCCCCCCC)OC(=O)CCCCCCCCCCCCCCCCCCCCC(C)CC. The van der Waals surface area contributed by atoms with Gasteiger partial charge in [-0.3, -0.25) is 14.4 Å². The fourth-order valence-electron chi connectivity index (χ4n) is 9.95. The summed E-state index contributed by atoms with van der Waals surface area (Å²) in [6.45, 7) is 9.13. The molecular formula is C64H124O6. The second kappa shape index (κ2) is 58.3. The van der Waals surface area contributed by atoms with E-state index in [1.54, 1.807) is 0 Å². The van der Waals surface area contributed by atoms with Crippen molar-refractivity contribution in [3.8, 4) is 0 Å². The fourth-order valence-corrected chi connectivity index (χ4v) is 9.95. The Labute approximate surface area is 438 Å². The molecule has 0 fully saturated rings. The maximum absolute atomic E-state index is 12.9. The summed E-state index contributed by atoms with van der Waals surface area (Å²) >= 11 is 0. The van der Waals surface area contributed by atoms with Crippen LogP contribution in [0.25, 0.3) is 0 Å². The van der Waals surface area contributed by atoms with E-state index in [1.165, 1.54) is 263 Å². The molecule has 0 aromatic rings. The lowest BCUT2D eigenvalue weighted by molar-refractivity contribution is -0.167. The Morgan fingerprint density at radius 3 is 0.743 bits per heavy atom. The van der Waals surface area contributed by atoms with Gasteiger partial charge in [0.05, 0.1) is 0 Å². The van der Waals surface area contributed by atoms with Crippen LogP contribution in [0.2, 0.25) is 0 Å². The smallest absolute Gasteiger partial charge is 0.306 e. The highest BCUT2D eigenvalue weighted by atomic mass is 16.6. The molecule has 0 aliphatic rings. The average Bonchev–Trinajstić information content (AvgIpc) is 3.36. The molecule has 416 valence electrons. The van der Waals surface area contributed by atoms with Gasteiger partial charge in [-0.15, -0.1) is 0 Å². The van der Waals surface area contributed by atoms with Gasteiger partial charge in [0.1, 0.15) is 13.2 Å². The van der Waals surface area contributed by atoms with E-state index in [0.717, 1.165) is 63.7 Å². The Kier molecular flexibility index (Phi) is 57.0. The highest BCUT2D eigenvalue weighted by molar-refractivity contribution is 5.71. The number of rotatable bonds is 59. The standard InChI is InChI=1S/C64H124O6/c1-5-8-10-12-14-16-18-20-21-24-28-32-36-40-44-48-52-56-63(66)69-59-61(58-68-62(65)55-51-47-43-39-35-30-19-17-15-13-11-9-6-2)70-64(67)57-53-49-45-41-37-33-29-26-23-22-25-27-31-34-38-42-46-50-54-60(4)7-3/h60-61H,5-59H2,1-4H3/t60?,61-/m1/s1. The first kappa shape index (κ1) is 68.4. The van der Waals surface area contributed by atoms with Crippen LogP contribution in [-0.4, -0.2) is 37.2 Å². The van der Waals surface area contributed by atoms with E-state index in [0.29, 0.717) is 19.3 Å². The predicted molar refractivity (Wildman–Crippen MR) is 303 cm³/mol. The second-order valence-electron chi connectivity index (χ2n) is 22.3. The number of hydrogen-bond donors (Lipinski definition) is 0. The number of unbranched alkanes of at least 4 members (excludes halogenated alkanes) is 45. The lowest BCUT2D eigenvalue weighted by Gasteiger charge is -2.18. The molecule has 0 N–H and O–H groups in total. The van der Waals surface area contributed by atoms with E-state index in [2.05, 4.69) is 27.7 Å². The van der Waals surface area contributed by atoms with E-state index in [-0.39, 0.29) is 31.1 Å². The van der Waals surface area contributed by atoms with Gasteiger partial charge in [0.2, 0.25) is 0 Å². The van der Waals surface area contributed by atoms with Gasteiger partial charge in [0, 0.05) is 19.3 Å². The number of carbonyl (C=O) groups excluding carboxylic acids is 3. The van der Waals surface area contributed by atoms with Crippen LogP contribution >= 0.6 is 0 Å². The van der Waals surface area contributed by atoms with Gasteiger partial charge >= 0.3 is 17.9 Å². The largest absolute Gasteiger partial charge is 0.462 e. The van der Waals surface area contributed by atoms with Crippen molar-refractivity contribution in [2.75, 3.05) is 13.2 Å². The molecule has 0 rings (SSSR count). The third-order valence-electron chi connectivity index (χ3n) is 15.2. The zero-order valence-electron chi connectivity index (χ0n) is 48.0. The van der Waals surface area contributed by atoms with Crippen LogP contribution in [-0.2, 0) is 28.6 Å². The summed E-state index contributed by atoms with van der Waals surface area (Å²) in [7, 11) is 0. The van der Waals surface area contributed by atoms with Crippen molar-refractivity contribution in [2.45, 2.75) is 374 Å². The Hall–Kier alpha value is -1.59. The zero-order chi connectivity index (χ0) is 50.9. The Morgan fingerprint density at radius 2 is 0.500 bits per heavy atom. The third kappa shape index (κ3) is 55.7. The minimum Gasteiger partial charge on any atom is -0.462 e. The molecule has 6 heteroatoms. The van der Waals surface area contributed by atoms with E-state index < -0.39 is 6.10 Å². The van der Waals surface area contributed by atoms with E-state index in [9.17, 15) is 14.4 Å². The maximum atomic E-state index is 12.9. The molecular weight excluding hydrogens is 865 g/mol. The second-order valence-corrected chi connectivity index (χ2v) is 22.3. The minimum atomic E-state index is -0.762. The van der Waals surface area contributed by atoms with Crippen molar-refractivity contribution < 1.29 is 28.6 Å². The molecule has 0 aliphatic carbocycles. The van der Waals surface area contributed by atoms with Crippen molar-refractivity contribution in [3.63, 3.8) is 0 Å². The van der Waals surface area contributed by atoms with Crippen molar-refractivity contribution in [3.05, 3.63) is 0 Å². The van der Waals surface area contributed by atoms with Crippen molar-refractivity contribution in [1.29, 1.82) is 0 Å². The molecule has 0 amide bonds. The van der Waals surface area contributed by atoms with Crippen LogP contribution in [0.1, 0.15) is 368 Å². The first-order chi connectivity index (χ1) is 34.4. The summed E-state index contributed by atoms with van der Waals surface area (Å²) in [5, 5.41) is 0. The van der Waals surface area contributed by atoms with Crippen LogP contribution in [0, 0.1) is 5.92 Å². The summed E-state index contributed by atoms with van der Waals surface area (Å²) in [5.74, 6) is 0.0812. The Balaban J connectivity index is 4.25. The molecule has 0 bridgehead atoms. The third-order valence-corrected chi connectivity index (χ3v) is 15.2. The Morgan fingerprint density at radius 1 is 0.286 bits per heavy atom. The van der Waals surface area contributed by atoms with Crippen molar-refractivity contribution in [2.24, 2.45) is 5.92 Å². The normalized spacial score (nSPS) is 12.3. The van der Waals surface area contributed by atoms with Gasteiger partial charge in [-0.1, -0.05) is 329 Å². The monoisotopic (exact) mass is 989 g/mol. The summed E-state index contributed by atoms with van der Waals surface area (Å²) in [4.78, 5) is 38.3. The van der Waals surface area contributed by atoms with E-state index in [1.807, 2.05) is 0 Å². The lowest BCUT2D eigenvalue weighted by Crippen LogP contribution is -2.30. The van der Waals surface area contributed by atoms with Crippen LogP contribution in [0.15, 0.2) is 0 Å². The number of esters is 3. The maximum Gasteiger partial charge on any atom is 0.306 e. The highest BCUT2D eigenvalue weighted by Crippen LogP contribution is 2.19. The Bertz CT molecular complexity index is 1060. The molecule has 0 saturated heterocycles. The molecule has 0 aliphatic heterocycles. The average molecular weight is 990 g/mol. The van der Waals surface area contributed by atoms with Gasteiger partial charge in [-0.2, -0.15) is 0 Å². The first-order valence-electron chi connectivity index (χ1n) is 31.9. The van der Waals surface area contributed by atoms with Crippen LogP contribution in [0.5, 0.6) is 0 Å². The molecule has 0 aromatic carbocycles. The van der Waals surface area contributed by atoms with Gasteiger partial charge < -0.3 is 14.2 Å². The summed E-state index contributed by atoms with van der Waals surface area (Å²) < 4.78 is 16.9. The van der Waals surface area contributed by atoms with Crippen LogP contribution in [0.4, 0.5) is 0 Å². The summed E-state index contributed by atoms with van der Waals surface area (Å²) in [5.41, 5.74) is 0. The number of hydrogen-bond acceptors (Lipinski definition) is 6. The van der Waals surface area contributed by atoms with Gasteiger partial charge in [0.25, 0.3) is 0 Å². The minimum absolute atomic E-state index is 0.0611. The zero-order valence-corrected chi connectivity index (χ0v) is 48.0. The molecule has 0 radical (unpaired) electrons. The molecule has 0 heterocycles. The lowest BCUT2D eigenvalue weighted by atomic mass is 9.99. The number of carbonyl (C=O) groups is 3. The molecule has 1 unspecified atom stereocenters. The summed E-state index contributed by atoms with van der Waals surface area (Å²) in [6, 6.07) is 0. The predicted octanol–water partition coefficient (Wildman–Crippen LogP) is 21.4. The van der Waals surface area contributed by atoms with Crippen molar-refractivity contribution in [1.82, 2.24) is 0 Å². The van der Waals surface area contributed by atoms with Gasteiger partial charge in [0.15, 0.2) is 6.10 Å². The molecule has 2 atom stereocenters. The number of ether oxygens (including phenoxy) is 3. The van der Waals surface area contributed by atoms with Crippen LogP contribution < -0.4 is 0 Å². The van der Waals surface area contributed by atoms with Gasteiger partial charge in [-0.25, -0.2) is 0 Å².